The van der Waals surface area contributed by atoms with Gasteiger partial charge in [0.15, 0.2) is 18.1 Å². The molecule has 0 aliphatic rings. The summed E-state index contributed by atoms with van der Waals surface area (Å²) in [5.41, 5.74) is 3.06. The average Bonchev–Trinajstić information content (AvgIpc) is 2.88. The molecular formula is C28H25ClN2O5. The van der Waals surface area contributed by atoms with Crippen LogP contribution in [0.25, 0.3) is 6.08 Å². The average molecular weight is 505 g/mol. The van der Waals surface area contributed by atoms with Crippen molar-refractivity contribution in [3.05, 3.63) is 93.5 Å². The summed E-state index contributed by atoms with van der Waals surface area (Å²) in [4.78, 5) is 24.8. The van der Waals surface area contributed by atoms with Crippen molar-refractivity contribution < 1.29 is 23.8 Å². The molecule has 0 heterocycles. The Balaban J connectivity index is 1.65. The van der Waals surface area contributed by atoms with E-state index in [2.05, 4.69) is 5.32 Å². The molecule has 0 radical (unpaired) electrons. The number of hydrogen-bond donors (Lipinski definition) is 1. The number of nitrogens with one attached hydrogen (secondary N) is 1. The lowest BCUT2D eigenvalue weighted by Crippen LogP contribution is -2.23. The second-order valence-electron chi connectivity index (χ2n) is 7.88. The number of carbonyl (C=O) groups excluding carboxylic acids is 2. The van der Waals surface area contributed by atoms with Crippen LogP contribution < -0.4 is 19.5 Å². The van der Waals surface area contributed by atoms with Crippen LogP contribution in [0.3, 0.4) is 0 Å². The van der Waals surface area contributed by atoms with Gasteiger partial charge < -0.3 is 19.5 Å². The monoisotopic (exact) mass is 504 g/mol. The molecule has 0 unspecified atom stereocenters. The van der Waals surface area contributed by atoms with Gasteiger partial charge in [-0.15, -0.1) is 0 Å². The summed E-state index contributed by atoms with van der Waals surface area (Å²) in [5, 5.41) is 12.8. The Morgan fingerprint density at radius 3 is 2.36 bits per heavy atom. The molecule has 7 nitrogen and oxygen atoms in total. The molecule has 0 fully saturated rings. The van der Waals surface area contributed by atoms with Crippen molar-refractivity contribution in [2.75, 3.05) is 13.7 Å². The lowest BCUT2D eigenvalue weighted by molar-refractivity contribution is -0.136. The fourth-order valence-corrected chi connectivity index (χ4v) is 3.44. The van der Waals surface area contributed by atoms with Gasteiger partial charge in [-0.25, -0.2) is 4.79 Å². The van der Waals surface area contributed by atoms with Crippen molar-refractivity contribution in [1.29, 1.82) is 5.26 Å². The van der Waals surface area contributed by atoms with Gasteiger partial charge in [0.25, 0.3) is 5.91 Å². The second-order valence-corrected chi connectivity index (χ2v) is 8.26. The topological polar surface area (TPSA) is 97.6 Å². The Hall–Kier alpha value is -4.28. The number of carbonyl (C=O) groups is 2. The molecule has 0 bridgehead atoms. The minimum absolute atomic E-state index is 0.0697. The van der Waals surface area contributed by atoms with E-state index >= 15 is 0 Å². The summed E-state index contributed by atoms with van der Waals surface area (Å²) >= 11 is 6.16. The van der Waals surface area contributed by atoms with E-state index in [4.69, 9.17) is 25.8 Å². The zero-order valence-electron chi connectivity index (χ0n) is 20.1. The van der Waals surface area contributed by atoms with E-state index in [1.807, 2.05) is 50.2 Å². The van der Waals surface area contributed by atoms with Gasteiger partial charge in [0, 0.05) is 11.6 Å². The van der Waals surface area contributed by atoms with Crippen LogP contribution in [-0.2, 0) is 16.1 Å². The molecule has 3 rings (SSSR count). The molecule has 3 aromatic rings. The number of nitrogens with zero attached hydrogens (tertiary/aromatic N) is 1. The SMILES string of the molecule is COc1cc(/C=C(\C#N)C(=O)NCc2ccccc2)ccc1OC(=O)COc1cc(C)c(Cl)c(C)c1. The predicted octanol–water partition coefficient (Wildman–Crippen LogP) is 5.17. The lowest BCUT2D eigenvalue weighted by Gasteiger charge is -2.12. The molecule has 1 amide bonds. The molecule has 1 N–H and O–H groups in total. The van der Waals surface area contributed by atoms with Crippen LogP contribution in [-0.4, -0.2) is 25.6 Å². The van der Waals surface area contributed by atoms with Crippen LogP contribution in [0.4, 0.5) is 0 Å². The maximum Gasteiger partial charge on any atom is 0.349 e. The zero-order chi connectivity index (χ0) is 26.1. The number of hydrogen-bond acceptors (Lipinski definition) is 6. The number of ether oxygens (including phenoxy) is 3. The Kier molecular flexibility index (Phi) is 9.09. The van der Waals surface area contributed by atoms with Crippen LogP contribution in [0.1, 0.15) is 22.3 Å². The third-order valence-electron chi connectivity index (χ3n) is 5.15. The van der Waals surface area contributed by atoms with Crippen molar-refractivity contribution in [2.45, 2.75) is 20.4 Å². The fraction of sp³-hybridized carbons (Fsp3) is 0.179. The maximum atomic E-state index is 12.4. The fourth-order valence-electron chi connectivity index (χ4n) is 3.33. The van der Waals surface area contributed by atoms with Crippen LogP contribution in [0.2, 0.25) is 5.02 Å². The molecular weight excluding hydrogens is 480 g/mol. The van der Waals surface area contributed by atoms with Crippen molar-refractivity contribution in [3.8, 4) is 23.3 Å². The Morgan fingerprint density at radius 2 is 1.72 bits per heavy atom. The first-order chi connectivity index (χ1) is 17.3. The van der Waals surface area contributed by atoms with E-state index in [0.717, 1.165) is 16.7 Å². The van der Waals surface area contributed by atoms with Gasteiger partial charge in [0.05, 0.1) is 7.11 Å². The highest BCUT2D eigenvalue weighted by molar-refractivity contribution is 6.32. The molecule has 0 atom stereocenters. The smallest absolute Gasteiger partial charge is 0.349 e. The number of benzene rings is 3. The third-order valence-corrected chi connectivity index (χ3v) is 5.75. The predicted molar refractivity (Wildman–Crippen MR) is 137 cm³/mol. The molecule has 0 aliphatic heterocycles. The number of esters is 1. The molecule has 0 aliphatic carbocycles. The second kappa shape index (κ2) is 12.4. The quantitative estimate of drug-likeness (QED) is 0.187. The van der Waals surface area contributed by atoms with E-state index in [9.17, 15) is 14.9 Å². The van der Waals surface area contributed by atoms with Crippen molar-refractivity contribution >= 4 is 29.6 Å². The number of aryl methyl sites for hydroxylation is 2. The highest BCUT2D eigenvalue weighted by atomic mass is 35.5. The van der Waals surface area contributed by atoms with E-state index < -0.39 is 11.9 Å². The van der Waals surface area contributed by atoms with Crippen LogP contribution >= 0.6 is 11.6 Å². The summed E-state index contributed by atoms with van der Waals surface area (Å²) in [7, 11) is 1.42. The van der Waals surface area contributed by atoms with Crippen molar-refractivity contribution in [1.82, 2.24) is 5.32 Å². The van der Waals surface area contributed by atoms with Crippen LogP contribution in [0, 0.1) is 25.2 Å². The van der Waals surface area contributed by atoms with Crippen LogP contribution in [0.5, 0.6) is 17.2 Å². The minimum atomic E-state index is -0.625. The molecule has 0 saturated carbocycles. The summed E-state index contributed by atoms with van der Waals surface area (Å²) in [6, 6.07) is 19.5. The minimum Gasteiger partial charge on any atom is -0.493 e. The summed E-state index contributed by atoms with van der Waals surface area (Å²) in [5.74, 6) is -0.176. The van der Waals surface area contributed by atoms with Gasteiger partial charge in [-0.2, -0.15) is 5.26 Å². The number of amides is 1. The Labute approximate surface area is 214 Å². The van der Waals surface area contributed by atoms with Gasteiger partial charge in [0.1, 0.15) is 17.4 Å². The number of halogens is 1. The number of rotatable bonds is 9. The van der Waals surface area contributed by atoms with Gasteiger partial charge in [-0.3, -0.25) is 4.79 Å². The molecule has 8 heteroatoms. The molecule has 0 aromatic heterocycles. The Morgan fingerprint density at radius 1 is 1.03 bits per heavy atom. The third kappa shape index (κ3) is 7.11. The van der Waals surface area contributed by atoms with E-state index in [1.165, 1.54) is 19.3 Å². The molecule has 0 spiro atoms. The van der Waals surface area contributed by atoms with Crippen molar-refractivity contribution in [2.24, 2.45) is 0 Å². The summed E-state index contributed by atoms with van der Waals surface area (Å²) < 4.78 is 16.3. The highest BCUT2D eigenvalue weighted by Gasteiger charge is 2.14. The van der Waals surface area contributed by atoms with E-state index in [-0.39, 0.29) is 23.7 Å². The first-order valence-corrected chi connectivity index (χ1v) is 11.4. The molecule has 0 saturated heterocycles. The first-order valence-electron chi connectivity index (χ1n) is 11.0. The maximum absolute atomic E-state index is 12.4. The van der Waals surface area contributed by atoms with Gasteiger partial charge in [0.2, 0.25) is 0 Å². The largest absolute Gasteiger partial charge is 0.493 e. The van der Waals surface area contributed by atoms with Crippen LogP contribution in [0.15, 0.2) is 66.2 Å². The molecule has 3 aromatic carbocycles. The Bertz CT molecular complexity index is 1310. The molecule has 184 valence electrons. The standard InChI is InChI=1S/C28H25ClN2O5/c1-18-11-23(12-19(2)27(18)29)35-17-26(32)36-24-10-9-21(14-25(24)34-3)13-22(15-30)28(33)31-16-20-7-5-4-6-8-20/h4-14H,16-17H2,1-3H3,(H,31,33)/b22-13+. The van der Waals surface area contributed by atoms with E-state index in [1.54, 1.807) is 24.3 Å². The number of methoxy groups -OCH3 is 1. The summed E-state index contributed by atoms with van der Waals surface area (Å²) in [6.07, 6.45) is 1.43. The van der Waals surface area contributed by atoms with Gasteiger partial charge in [-0.1, -0.05) is 48.0 Å². The number of nitriles is 1. The lowest BCUT2D eigenvalue weighted by atomic mass is 10.1. The normalized spacial score (nSPS) is 10.8. The van der Waals surface area contributed by atoms with Crippen molar-refractivity contribution in [3.63, 3.8) is 0 Å². The zero-order valence-corrected chi connectivity index (χ0v) is 20.9. The highest BCUT2D eigenvalue weighted by Crippen LogP contribution is 2.30. The molecule has 36 heavy (non-hydrogen) atoms. The van der Waals surface area contributed by atoms with Gasteiger partial charge >= 0.3 is 5.97 Å². The van der Waals surface area contributed by atoms with E-state index in [0.29, 0.717) is 22.9 Å². The summed E-state index contributed by atoms with van der Waals surface area (Å²) in [6.45, 7) is 3.69. The van der Waals surface area contributed by atoms with Gasteiger partial charge in [-0.05, 0) is 66.4 Å². The first kappa shape index (κ1) is 26.3.